The highest BCUT2D eigenvalue weighted by molar-refractivity contribution is 5.91. The first-order valence-electron chi connectivity index (χ1n) is 6.07. The minimum atomic E-state index is -0.291. The van der Waals surface area contributed by atoms with Crippen LogP contribution in [0.4, 0.5) is 5.69 Å². The van der Waals surface area contributed by atoms with Crippen LogP contribution >= 0.6 is 0 Å². The first-order chi connectivity index (χ1) is 7.98. The van der Waals surface area contributed by atoms with Gasteiger partial charge in [-0.1, -0.05) is 12.8 Å². The second kappa shape index (κ2) is 4.49. The van der Waals surface area contributed by atoms with E-state index in [0.29, 0.717) is 6.42 Å². The lowest BCUT2D eigenvalue weighted by Gasteiger charge is -2.22. The molecule has 5 heteroatoms. The van der Waals surface area contributed by atoms with Gasteiger partial charge in [0.2, 0.25) is 5.91 Å². The number of amides is 1. The predicted octanol–water partition coefficient (Wildman–Crippen LogP) is 1.33. The number of anilines is 1. The van der Waals surface area contributed by atoms with Gasteiger partial charge in [-0.2, -0.15) is 5.10 Å². The zero-order valence-corrected chi connectivity index (χ0v) is 10.5. The molecule has 1 saturated carbocycles. The van der Waals surface area contributed by atoms with Crippen molar-refractivity contribution in [2.75, 3.05) is 5.32 Å². The van der Waals surface area contributed by atoms with Crippen molar-refractivity contribution in [3.63, 3.8) is 0 Å². The van der Waals surface area contributed by atoms with Gasteiger partial charge in [0.25, 0.3) is 0 Å². The van der Waals surface area contributed by atoms with Crippen molar-refractivity contribution in [2.24, 2.45) is 12.8 Å². The molecule has 3 N–H and O–H groups in total. The van der Waals surface area contributed by atoms with Crippen molar-refractivity contribution in [3.05, 3.63) is 11.9 Å². The van der Waals surface area contributed by atoms with Crippen LogP contribution in [-0.4, -0.2) is 21.2 Å². The number of aryl methyl sites for hydroxylation is 2. The number of carbonyl (C=O) groups excluding carboxylic acids is 1. The second-order valence-electron chi connectivity index (χ2n) is 5.10. The van der Waals surface area contributed by atoms with Gasteiger partial charge < -0.3 is 11.1 Å². The van der Waals surface area contributed by atoms with Crippen LogP contribution in [0.15, 0.2) is 6.20 Å². The summed E-state index contributed by atoms with van der Waals surface area (Å²) in [6, 6.07) is 0. The van der Waals surface area contributed by atoms with Crippen LogP contribution in [0.3, 0.4) is 0 Å². The Kier molecular flexibility index (Phi) is 3.19. The predicted molar refractivity (Wildman–Crippen MR) is 66.6 cm³/mol. The fourth-order valence-electron chi connectivity index (χ4n) is 2.49. The van der Waals surface area contributed by atoms with E-state index in [2.05, 4.69) is 10.4 Å². The zero-order chi connectivity index (χ0) is 12.5. The van der Waals surface area contributed by atoms with E-state index in [1.807, 2.05) is 20.2 Å². The van der Waals surface area contributed by atoms with E-state index in [0.717, 1.165) is 37.1 Å². The van der Waals surface area contributed by atoms with Gasteiger partial charge in [-0.05, 0) is 19.8 Å². The third-order valence-electron chi connectivity index (χ3n) is 3.40. The third-order valence-corrected chi connectivity index (χ3v) is 3.40. The molecule has 0 saturated heterocycles. The molecule has 2 rings (SSSR count). The number of hydrogen-bond acceptors (Lipinski definition) is 3. The number of carbonyl (C=O) groups is 1. The van der Waals surface area contributed by atoms with Crippen LogP contribution in [0.2, 0.25) is 0 Å². The Bertz CT molecular complexity index is 418. The van der Waals surface area contributed by atoms with E-state index in [9.17, 15) is 4.79 Å². The summed E-state index contributed by atoms with van der Waals surface area (Å²) in [4.78, 5) is 11.9. The Hall–Kier alpha value is -1.36. The lowest BCUT2D eigenvalue weighted by molar-refractivity contribution is -0.117. The number of nitrogens with zero attached hydrogens (tertiary/aromatic N) is 2. The topological polar surface area (TPSA) is 72.9 Å². The number of rotatable bonds is 3. The molecule has 0 aromatic carbocycles. The summed E-state index contributed by atoms with van der Waals surface area (Å²) in [6.07, 6.45) is 6.39. The van der Waals surface area contributed by atoms with Crippen molar-refractivity contribution >= 4 is 11.6 Å². The van der Waals surface area contributed by atoms with E-state index in [1.54, 1.807) is 4.68 Å². The highest BCUT2D eigenvalue weighted by atomic mass is 16.1. The minimum Gasteiger partial charge on any atom is -0.325 e. The SMILES string of the molecule is Cc1nn(C)cc1NC(=O)CC1(N)CCCC1. The van der Waals surface area contributed by atoms with Crippen molar-refractivity contribution in [2.45, 2.75) is 44.6 Å². The number of aromatic nitrogens is 2. The summed E-state index contributed by atoms with van der Waals surface area (Å²) < 4.78 is 1.69. The summed E-state index contributed by atoms with van der Waals surface area (Å²) in [6.45, 7) is 1.88. The molecule has 0 radical (unpaired) electrons. The van der Waals surface area contributed by atoms with Gasteiger partial charge in [0.05, 0.1) is 11.4 Å². The maximum Gasteiger partial charge on any atom is 0.226 e. The van der Waals surface area contributed by atoms with Crippen LogP contribution in [-0.2, 0) is 11.8 Å². The highest BCUT2D eigenvalue weighted by Gasteiger charge is 2.31. The van der Waals surface area contributed by atoms with Crippen LogP contribution in [0, 0.1) is 6.92 Å². The van der Waals surface area contributed by atoms with Gasteiger partial charge in [0.1, 0.15) is 0 Å². The van der Waals surface area contributed by atoms with E-state index in [-0.39, 0.29) is 11.4 Å². The quantitative estimate of drug-likeness (QED) is 0.831. The Morgan fingerprint density at radius 1 is 1.59 bits per heavy atom. The van der Waals surface area contributed by atoms with E-state index < -0.39 is 0 Å². The Morgan fingerprint density at radius 2 is 2.24 bits per heavy atom. The zero-order valence-electron chi connectivity index (χ0n) is 10.5. The smallest absolute Gasteiger partial charge is 0.226 e. The lowest BCUT2D eigenvalue weighted by Crippen LogP contribution is -2.40. The molecule has 1 fully saturated rings. The van der Waals surface area contributed by atoms with Gasteiger partial charge in [0, 0.05) is 25.2 Å². The van der Waals surface area contributed by atoms with Crippen molar-refractivity contribution in [1.82, 2.24) is 9.78 Å². The average Bonchev–Trinajstić information content (AvgIpc) is 2.74. The van der Waals surface area contributed by atoms with Crippen LogP contribution in [0.25, 0.3) is 0 Å². The molecule has 0 aliphatic heterocycles. The van der Waals surface area contributed by atoms with Crippen LogP contribution < -0.4 is 11.1 Å². The monoisotopic (exact) mass is 236 g/mol. The molecule has 1 aliphatic carbocycles. The Balaban J connectivity index is 1.95. The van der Waals surface area contributed by atoms with Crippen molar-refractivity contribution in [1.29, 1.82) is 0 Å². The summed E-state index contributed by atoms with van der Waals surface area (Å²) in [5.74, 6) is -0.00880. The molecule has 0 unspecified atom stereocenters. The Morgan fingerprint density at radius 3 is 2.76 bits per heavy atom. The maximum absolute atomic E-state index is 11.9. The largest absolute Gasteiger partial charge is 0.325 e. The second-order valence-corrected chi connectivity index (χ2v) is 5.10. The lowest BCUT2D eigenvalue weighted by atomic mass is 9.94. The van der Waals surface area contributed by atoms with Gasteiger partial charge in [-0.3, -0.25) is 9.48 Å². The van der Waals surface area contributed by atoms with Crippen molar-refractivity contribution < 1.29 is 4.79 Å². The molecular weight excluding hydrogens is 216 g/mol. The average molecular weight is 236 g/mol. The first kappa shape index (κ1) is 12.1. The highest BCUT2D eigenvalue weighted by Crippen LogP contribution is 2.30. The number of hydrogen-bond donors (Lipinski definition) is 2. The summed E-state index contributed by atoms with van der Waals surface area (Å²) in [7, 11) is 1.84. The molecule has 1 aliphatic rings. The van der Waals surface area contributed by atoms with Crippen molar-refractivity contribution in [3.8, 4) is 0 Å². The molecule has 1 aromatic heterocycles. The van der Waals surface area contributed by atoms with Gasteiger partial charge in [0.15, 0.2) is 0 Å². The van der Waals surface area contributed by atoms with Gasteiger partial charge in [-0.15, -0.1) is 0 Å². The molecule has 1 amide bonds. The van der Waals surface area contributed by atoms with Crippen LogP contribution in [0.5, 0.6) is 0 Å². The van der Waals surface area contributed by atoms with E-state index >= 15 is 0 Å². The molecule has 1 aromatic rings. The van der Waals surface area contributed by atoms with Gasteiger partial charge in [-0.25, -0.2) is 0 Å². The first-order valence-corrected chi connectivity index (χ1v) is 6.07. The third kappa shape index (κ3) is 2.85. The Labute approximate surface area is 101 Å². The van der Waals surface area contributed by atoms with Crippen LogP contribution in [0.1, 0.15) is 37.8 Å². The number of nitrogens with two attached hydrogens (primary N) is 1. The fourth-order valence-corrected chi connectivity index (χ4v) is 2.49. The minimum absolute atomic E-state index is 0.00880. The molecule has 17 heavy (non-hydrogen) atoms. The molecule has 0 bridgehead atoms. The molecular formula is C12H20N4O. The molecule has 1 heterocycles. The normalized spacial score (nSPS) is 18.3. The standard InChI is InChI=1S/C12H20N4O/c1-9-10(8-16(2)15-9)14-11(17)7-12(13)5-3-4-6-12/h8H,3-7,13H2,1-2H3,(H,14,17). The summed E-state index contributed by atoms with van der Waals surface area (Å²) in [5, 5.41) is 7.06. The number of nitrogens with one attached hydrogen (secondary N) is 1. The molecule has 0 spiro atoms. The molecule has 5 nitrogen and oxygen atoms in total. The maximum atomic E-state index is 11.9. The fraction of sp³-hybridized carbons (Fsp3) is 0.667. The van der Waals surface area contributed by atoms with E-state index in [4.69, 9.17) is 5.73 Å². The molecule has 94 valence electrons. The summed E-state index contributed by atoms with van der Waals surface area (Å²) in [5.41, 5.74) is 7.49. The molecule has 0 atom stereocenters. The summed E-state index contributed by atoms with van der Waals surface area (Å²) >= 11 is 0. The van der Waals surface area contributed by atoms with E-state index in [1.165, 1.54) is 0 Å². The van der Waals surface area contributed by atoms with Gasteiger partial charge >= 0.3 is 0 Å².